The van der Waals surface area contributed by atoms with E-state index < -0.39 is 29.6 Å². The highest BCUT2D eigenvalue weighted by Gasteiger charge is 2.26. The van der Waals surface area contributed by atoms with Crippen molar-refractivity contribution in [3.63, 3.8) is 0 Å². The number of hydrogen-bond acceptors (Lipinski definition) is 6. The maximum Gasteiger partial charge on any atom is 0.408 e. The van der Waals surface area contributed by atoms with Crippen LogP contribution >= 0.6 is 0 Å². The SMILES string of the molecule is CCOC(=O)c1ccccc1NC(=O)C(Cc1cccc(Oc2ccccc2)c1)NC(=O)OC(C)(C)C. The number of amides is 2. The van der Waals surface area contributed by atoms with Crippen molar-refractivity contribution >= 4 is 23.7 Å². The molecule has 1 unspecified atom stereocenters. The average Bonchev–Trinajstić information content (AvgIpc) is 2.84. The first-order chi connectivity index (χ1) is 17.6. The second-order valence-electron chi connectivity index (χ2n) is 9.22. The topological polar surface area (TPSA) is 103 Å². The van der Waals surface area contributed by atoms with Crippen molar-refractivity contribution in [2.45, 2.75) is 45.8 Å². The largest absolute Gasteiger partial charge is 0.462 e. The second-order valence-corrected chi connectivity index (χ2v) is 9.22. The summed E-state index contributed by atoms with van der Waals surface area (Å²) < 4.78 is 16.4. The molecule has 0 spiro atoms. The van der Waals surface area contributed by atoms with E-state index in [0.717, 1.165) is 5.56 Å². The molecule has 0 saturated carbocycles. The summed E-state index contributed by atoms with van der Waals surface area (Å²) in [6, 6.07) is 22.1. The fourth-order valence-electron chi connectivity index (χ4n) is 3.45. The van der Waals surface area contributed by atoms with E-state index in [-0.39, 0.29) is 24.3 Å². The minimum atomic E-state index is -1.00. The van der Waals surface area contributed by atoms with Gasteiger partial charge in [0.1, 0.15) is 23.1 Å². The Hall–Kier alpha value is -4.33. The molecule has 0 radical (unpaired) electrons. The molecule has 0 fully saturated rings. The molecule has 0 aliphatic heterocycles. The van der Waals surface area contributed by atoms with Gasteiger partial charge in [0.15, 0.2) is 0 Å². The molecule has 194 valence electrons. The van der Waals surface area contributed by atoms with E-state index in [1.807, 2.05) is 48.5 Å². The molecular formula is C29H32N2O6. The van der Waals surface area contributed by atoms with E-state index >= 15 is 0 Å². The van der Waals surface area contributed by atoms with Gasteiger partial charge in [0, 0.05) is 6.42 Å². The van der Waals surface area contributed by atoms with Crippen molar-refractivity contribution in [2.24, 2.45) is 0 Å². The monoisotopic (exact) mass is 504 g/mol. The molecule has 0 aliphatic carbocycles. The number of hydrogen-bond donors (Lipinski definition) is 2. The zero-order chi connectivity index (χ0) is 26.8. The normalized spacial score (nSPS) is 11.7. The summed E-state index contributed by atoms with van der Waals surface area (Å²) in [6.07, 6.45) is -0.582. The van der Waals surface area contributed by atoms with Crippen LogP contribution in [0.5, 0.6) is 11.5 Å². The lowest BCUT2D eigenvalue weighted by Gasteiger charge is -2.24. The number of anilines is 1. The van der Waals surface area contributed by atoms with Crippen LogP contribution in [-0.4, -0.2) is 36.2 Å². The number of carbonyl (C=O) groups is 3. The summed E-state index contributed by atoms with van der Waals surface area (Å²) >= 11 is 0. The second kappa shape index (κ2) is 12.6. The highest BCUT2D eigenvalue weighted by atomic mass is 16.6. The minimum absolute atomic E-state index is 0.151. The minimum Gasteiger partial charge on any atom is -0.462 e. The summed E-state index contributed by atoms with van der Waals surface area (Å²) in [5, 5.41) is 5.41. The Morgan fingerprint density at radius 3 is 2.24 bits per heavy atom. The number of esters is 1. The Balaban J connectivity index is 1.82. The zero-order valence-electron chi connectivity index (χ0n) is 21.4. The van der Waals surface area contributed by atoms with Crippen molar-refractivity contribution in [3.8, 4) is 11.5 Å². The van der Waals surface area contributed by atoms with Gasteiger partial charge in [0.2, 0.25) is 5.91 Å². The molecule has 3 aromatic rings. The van der Waals surface area contributed by atoms with Crippen LogP contribution in [0.4, 0.5) is 10.5 Å². The van der Waals surface area contributed by atoms with Gasteiger partial charge < -0.3 is 24.8 Å². The van der Waals surface area contributed by atoms with Gasteiger partial charge in [-0.1, -0.05) is 42.5 Å². The molecular weight excluding hydrogens is 472 g/mol. The molecule has 0 aliphatic rings. The lowest BCUT2D eigenvalue weighted by Crippen LogP contribution is -2.47. The van der Waals surface area contributed by atoms with Crippen molar-refractivity contribution in [3.05, 3.63) is 90.0 Å². The predicted octanol–water partition coefficient (Wildman–Crippen LogP) is 5.73. The third-order valence-corrected chi connectivity index (χ3v) is 5.00. The number of nitrogens with one attached hydrogen (secondary N) is 2. The van der Waals surface area contributed by atoms with Gasteiger partial charge in [-0.2, -0.15) is 0 Å². The predicted molar refractivity (Wildman–Crippen MR) is 141 cm³/mol. The van der Waals surface area contributed by atoms with Crippen molar-refractivity contribution in [1.82, 2.24) is 5.32 Å². The molecule has 37 heavy (non-hydrogen) atoms. The third kappa shape index (κ3) is 8.68. The molecule has 0 aromatic heterocycles. The van der Waals surface area contributed by atoms with Crippen LogP contribution in [0.15, 0.2) is 78.9 Å². The van der Waals surface area contributed by atoms with E-state index in [2.05, 4.69) is 10.6 Å². The van der Waals surface area contributed by atoms with Gasteiger partial charge in [0.25, 0.3) is 0 Å². The molecule has 0 saturated heterocycles. The Morgan fingerprint density at radius 1 is 0.865 bits per heavy atom. The number of para-hydroxylation sites is 2. The Kier molecular flexibility index (Phi) is 9.27. The number of alkyl carbamates (subject to hydrolysis) is 1. The third-order valence-electron chi connectivity index (χ3n) is 5.00. The van der Waals surface area contributed by atoms with Gasteiger partial charge in [-0.3, -0.25) is 4.79 Å². The molecule has 8 nitrogen and oxygen atoms in total. The number of carbonyl (C=O) groups excluding carboxylic acids is 3. The molecule has 2 amide bonds. The summed E-state index contributed by atoms with van der Waals surface area (Å²) in [7, 11) is 0. The average molecular weight is 505 g/mol. The number of rotatable bonds is 9. The van der Waals surface area contributed by atoms with E-state index in [1.54, 1.807) is 58.0 Å². The maximum absolute atomic E-state index is 13.4. The summed E-state index contributed by atoms with van der Waals surface area (Å²) in [5.41, 5.74) is 0.504. The van der Waals surface area contributed by atoms with E-state index in [1.165, 1.54) is 0 Å². The molecule has 8 heteroatoms. The lowest BCUT2D eigenvalue weighted by molar-refractivity contribution is -0.118. The van der Waals surface area contributed by atoms with Crippen LogP contribution < -0.4 is 15.4 Å². The summed E-state index contributed by atoms with van der Waals surface area (Å²) in [6.45, 7) is 7.12. The first-order valence-electron chi connectivity index (χ1n) is 12.0. The first-order valence-corrected chi connectivity index (χ1v) is 12.0. The Morgan fingerprint density at radius 2 is 1.54 bits per heavy atom. The molecule has 0 heterocycles. The summed E-state index contributed by atoms with van der Waals surface area (Å²) in [5.74, 6) is 0.196. The zero-order valence-corrected chi connectivity index (χ0v) is 21.4. The van der Waals surface area contributed by atoms with E-state index in [9.17, 15) is 14.4 Å². The van der Waals surface area contributed by atoms with Crippen LogP contribution in [-0.2, 0) is 20.7 Å². The van der Waals surface area contributed by atoms with Crippen LogP contribution in [0, 0.1) is 0 Å². The smallest absolute Gasteiger partial charge is 0.408 e. The van der Waals surface area contributed by atoms with Crippen LogP contribution in [0.1, 0.15) is 43.6 Å². The first kappa shape index (κ1) is 27.3. The van der Waals surface area contributed by atoms with Crippen LogP contribution in [0.3, 0.4) is 0 Å². The van der Waals surface area contributed by atoms with Crippen LogP contribution in [0.2, 0.25) is 0 Å². The quantitative estimate of drug-likeness (QED) is 0.361. The van der Waals surface area contributed by atoms with E-state index in [4.69, 9.17) is 14.2 Å². The van der Waals surface area contributed by atoms with Gasteiger partial charge >= 0.3 is 12.1 Å². The molecule has 2 N–H and O–H groups in total. The van der Waals surface area contributed by atoms with Crippen LogP contribution in [0.25, 0.3) is 0 Å². The van der Waals surface area contributed by atoms with E-state index in [0.29, 0.717) is 11.5 Å². The number of ether oxygens (including phenoxy) is 3. The molecule has 1 atom stereocenters. The molecule has 3 aromatic carbocycles. The van der Waals surface area contributed by atoms with Gasteiger partial charge in [-0.05, 0) is 69.7 Å². The molecule has 3 rings (SSSR count). The highest BCUT2D eigenvalue weighted by molar-refractivity contribution is 6.03. The fourth-order valence-corrected chi connectivity index (χ4v) is 3.45. The highest BCUT2D eigenvalue weighted by Crippen LogP contribution is 2.23. The van der Waals surface area contributed by atoms with Gasteiger partial charge in [-0.15, -0.1) is 0 Å². The summed E-state index contributed by atoms with van der Waals surface area (Å²) in [4.78, 5) is 38.3. The van der Waals surface area contributed by atoms with Crippen molar-refractivity contribution in [1.29, 1.82) is 0 Å². The van der Waals surface area contributed by atoms with Gasteiger partial charge in [-0.25, -0.2) is 9.59 Å². The number of benzene rings is 3. The maximum atomic E-state index is 13.4. The Bertz CT molecular complexity index is 1220. The Labute approximate surface area is 216 Å². The van der Waals surface area contributed by atoms with Gasteiger partial charge in [0.05, 0.1) is 17.9 Å². The molecule has 0 bridgehead atoms. The van der Waals surface area contributed by atoms with Crippen molar-refractivity contribution < 1.29 is 28.6 Å². The standard InChI is InChI=1S/C29H32N2O6/c1-5-35-27(33)23-16-9-10-17-24(23)30-26(32)25(31-28(34)37-29(2,3)4)19-20-12-11-15-22(18-20)36-21-13-7-6-8-14-21/h6-18,25H,5,19H2,1-4H3,(H,30,32)(H,31,34). The lowest BCUT2D eigenvalue weighted by atomic mass is 10.0. The van der Waals surface area contributed by atoms with Crippen molar-refractivity contribution in [2.75, 3.05) is 11.9 Å². The fraction of sp³-hybridized carbons (Fsp3) is 0.276.